The average molecular weight is 306 g/mol. The molecule has 112 valence electrons. The van der Waals surface area contributed by atoms with Gasteiger partial charge in [0.2, 0.25) is 0 Å². The second-order valence-corrected chi connectivity index (χ2v) is 5.85. The van der Waals surface area contributed by atoms with E-state index in [0.717, 1.165) is 30.5 Å². The zero-order valence-corrected chi connectivity index (χ0v) is 13.3. The Morgan fingerprint density at radius 3 is 2.43 bits per heavy atom. The third-order valence-electron chi connectivity index (χ3n) is 3.43. The minimum Gasteiger partial charge on any atom is -0.314 e. The van der Waals surface area contributed by atoms with E-state index in [2.05, 4.69) is 31.3 Å². The first-order valence-corrected chi connectivity index (χ1v) is 7.75. The van der Waals surface area contributed by atoms with Crippen LogP contribution in [0.2, 0.25) is 5.02 Å². The van der Waals surface area contributed by atoms with Crippen molar-refractivity contribution in [3.63, 3.8) is 0 Å². The Morgan fingerprint density at radius 1 is 1.10 bits per heavy atom. The predicted molar refractivity (Wildman–Crippen MR) is 88.3 cm³/mol. The van der Waals surface area contributed by atoms with E-state index >= 15 is 0 Å². The molecule has 0 aromatic heterocycles. The Morgan fingerprint density at radius 2 is 1.81 bits per heavy atom. The molecule has 1 atom stereocenters. The van der Waals surface area contributed by atoms with Crippen molar-refractivity contribution in [2.75, 3.05) is 6.54 Å². The highest BCUT2D eigenvalue weighted by molar-refractivity contribution is 6.30. The van der Waals surface area contributed by atoms with Crippen molar-refractivity contribution in [1.29, 1.82) is 0 Å². The Labute approximate surface area is 131 Å². The van der Waals surface area contributed by atoms with Crippen molar-refractivity contribution in [3.05, 3.63) is 58.9 Å². The lowest BCUT2D eigenvalue weighted by atomic mass is 10.0. The zero-order valence-electron chi connectivity index (χ0n) is 12.5. The van der Waals surface area contributed by atoms with Crippen molar-refractivity contribution in [3.8, 4) is 11.1 Å². The molecule has 1 unspecified atom stereocenters. The quantitative estimate of drug-likeness (QED) is 0.785. The van der Waals surface area contributed by atoms with Gasteiger partial charge in [0.1, 0.15) is 5.82 Å². The topological polar surface area (TPSA) is 12.0 Å². The molecule has 0 heterocycles. The molecule has 0 aliphatic rings. The van der Waals surface area contributed by atoms with E-state index in [1.165, 1.54) is 17.7 Å². The third-order valence-corrected chi connectivity index (χ3v) is 3.65. The molecule has 0 spiro atoms. The smallest absolute Gasteiger partial charge is 0.125 e. The van der Waals surface area contributed by atoms with E-state index < -0.39 is 0 Å². The first-order chi connectivity index (χ1) is 10.1. The van der Waals surface area contributed by atoms with Crippen LogP contribution in [0.3, 0.4) is 0 Å². The van der Waals surface area contributed by atoms with Gasteiger partial charge in [-0.1, -0.05) is 42.8 Å². The monoisotopic (exact) mass is 305 g/mol. The summed E-state index contributed by atoms with van der Waals surface area (Å²) < 4.78 is 13.4. The lowest BCUT2D eigenvalue weighted by Gasteiger charge is -2.13. The number of hydrogen-bond acceptors (Lipinski definition) is 1. The van der Waals surface area contributed by atoms with Crippen LogP contribution in [0, 0.1) is 5.82 Å². The second-order valence-electron chi connectivity index (χ2n) is 5.41. The largest absolute Gasteiger partial charge is 0.314 e. The van der Waals surface area contributed by atoms with Crippen LogP contribution >= 0.6 is 11.6 Å². The van der Waals surface area contributed by atoms with Gasteiger partial charge < -0.3 is 5.32 Å². The van der Waals surface area contributed by atoms with Crippen LogP contribution in [0.1, 0.15) is 25.8 Å². The summed E-state index contributed by atoms with van der Waals surface area (Å²) in [5.41, 5.74) is 3.07. The molecule has 1 nitrogen and oxygen atoms in total. The Hall–Kier alpha value is -1.38. The van der Waals surface area contributed by atoms with E-state index in [-0.39, 0.29) is 5.82 Å². The summed E-state index contributed by atoms with van der Waals surface area (Å²) in [5, 5.41) is 3.90. The second kappa shape index (κ2) is 7.58. The third kappa shape index (κ3) is 4.83. The summed E-state index contributed by atoms with van der Waals surface area (Å²) in [5.74, 6) is -0.307. The SMILES string of the molecule is CCCNC(C)Cc1ccc(-c2cc(F)cc(Cl)c2)cc1. The average Bonchev–Trinajstić information content (AvgIpc) is 2.45. The van der Waals surface area contributed by atoms with Crippen LogP contribution in [0.25, 0.3) is 11.1 Å². The molecule has 21 heavy (non-hydrogen) atoms. The molecule has 2 aromatic carbocycles. The lowest BCUT2D eigenvalue weighted by molar-refractivity contribution is 0.543. The summed E-state index contributed by atoms with van der Waals surface area (Å²) >= 11 is 5.90. The van der Waals surface area contributed by atoms with Crippen molar-refractivity contribution in [2.24, 2.45) is 0 Å². The molecule has 1 N–H and O–H groups in total. The standard InChI is InChI=1S/C18H21ClFN/c1-3-8-21-13(2)9-14-4-6-15(7-5-14)16-10-17(19)12-18(20)11-16/h4-7,10-13,21H,3,8-9H2,1-2H3. The van der Waals surface area contributed by atoms with Crippen molar-refractivity contribution in [1.82, 2.24) is 5.32 Å². The summed E-state index contributed by atoms with van der Waals surface area (Å²) in [7, 11) is 0. The van der Waals surface area contributed by atoms with E-state index in [1.54, 1.807) is 6.07 Å². The van der Waals surface area contributed by atoms with Crippen molar-refractivity contribution in [2.45, 2.75) is 32.7 Å². The van der Waals surface area contributed by atoms with Crippen LogP contribution in [-0.4, -0.2) is 12.6 Å². The molecule has 2 rings (SSSR count). The molecule has 0 aliphatic carbocycles. The van der Waals surface area contributed by atoms with Gasteiger partial charge in [0.15, 0.2) is 0 Å². The summed E-state index contributed by atoms with van der Waals surface area (Å²) in [6.07, 6.45) is 2.13. The minimum absolute atomic E-state index is 0.307. The Balaban J connectivity index is 2.08. The molecule has 0 saturated carbocycles. The first kappa shape index (κ1) is 16.0. The van der Waals surface area contributed by atoms with Gasteiger partial charge in [-0.2, -0.15) is 0 Å². The van der Waals surface area contributed by atoms with E-state index in [4.69, 9.17) is 11.6 Å². The van der Waals surface area contributed by atoms with Crippen LogP contribution in [-0.2, 0) is 6.42 Å². The van der Waals surface area contributed by atoms with Crippen molar-refractivity contribution >= 4 is 11.6 Å². The summed E-state index contributed by atoms with van der Waals surface area (Å²) in [4.78, 5) is 0. The first-order valence-electron chi connectivity index (χ1n) is 7.37. The predicted octanol–water partition coefficient (Wildman–Crippen LogP) is 5.08. The minimum atomic E-state index is -0.307. The van der Waals surface area contributed by atoms with Gasteiger partial charge in [-0.3, -0.25) is 0 Å². The lowest BCUT2D eigenvalue weighted by Crippen LogP contribution is -2.28. The fourth-order valence-electron chi connectivity index (χ4n) is 2.37. The van der Waals surface area contributed by atoms with E-state index in [1.807, 2.05) is 12.1 Å². The molecule has 0 saturated heterocycles. The van der Waals surface area contributed by atoms with Gasteiger partial charge in [-0.05, 0) is 61.2 Å². The number of halogens is 2. The molecule has 3 heteroatoms. The maximum Gasteiger partial charge on any atom is 0.125 e. The summed E-state index contributed by atoms with van der Waals surface area (Å²) in [6.45, 7) is 5.40. The Bertz CT molecular complexity index is 560. The maximum absolute atomic E-state index is 13.4. The van der Waals surface area contributed by atoms with Crippen molar-refractivity contribution < 1.29 is 4.39 Å². The normalized spacial score (nSPS) is 12.4. The van der Waals surface area contributed by atoms with E-state index in [0.29, 0.717) is 11.1 Å². The molecule has 0 amide bonds. The highest BCUT2D eigenvalue weighted by atomic mass is 35.5. The van der Waals surface area contributed by atoms with Crippen LogP contribution in [0.4, 0.5) is 4.39 Å². The summed E-state index contributed by atoms with van der Waals surface area (Å²) in [6, 6.07) is 13.3. The van der Waals surface area contributed by atoms with Gasteiger partial charge in [0.25, 0.3) is 0 Å². The number of nitrogens with one attached hydrogen (secondary N) is 1. The molecular formula is C18H21ClFN. The molecule has 0 aliphatic heterocycles. The molecular weight excluding hydrogens is 285 g/mol. The van der Waals surface area contributed by atoms with E-state index in [9.17, 15) is 4.39 Å². The molecule has 0 radical (unpaired) electrons. The van der Waals surface area contributed by atoms with Gasteiger partial charge in [0.05, 0.1) is 0 Å². The van der Waals surface area contributed by atoms with Gasteiger partial charge >= 0.3 is 0 Å². The van der Waals surface area contributed by atoms with Gasteiger partial charge in [-0.25, -0.2) is 4.39 Å². The van der Waals surface area contributed by atoms with Gasteiger partial charge in [0, 0.05) is 11.1 Å². The zero-order chi connectivity index (χ0) is 15.2. The molecule has 0 bridgehead atoms. The fourth-order valence-corrected chi connectivity index (χ4v) is 2.59. The highest BCUT2D eigenvalue weighted by Crippen LogP contribution is 2.24. The van der Waals surface area contributed by atoms with Crippen LogP contribution in [0.5, 0.6) is 0 Å². The number of benzene rings is 2. The van der Waals surface area contributed by atoms with Crippen LogP contribution < -0.4 is 5.32 Å². The molecule has 0 fully saturated rings. The van der Waals surface area contributed by atoms with Gasteiger partial charge in [-0.15, -0.1) is 0 Å². The Kier molecular flexibility index (Phi) is 5.77. The highest BCUT2D eigenvalue weighted by Gasteiger charge is 2.05. The fraction of sp³-hybridized carbons (Fsp3) is 0.333. The van der Waals surface area contributed by atoms with Crippen LogP contribution in [0.15, 0.2) is 42.5 Å². The molecule has 2 aromatic rings. The maximum atomic E-state index is 13.4. The number of hydrogen-bond donors (Lipinski definition) is 1. The number of rotatable bonds is 6.